The SMILES string of the molecule is CCCNc1nc(Nc2ccc(C(N)=O)cc2)ncc1C(=O)Nc1cccc(NC(=O)CN(C)C(=O)/C=C/CN)c1. The van der Waals surface area contributed by atoms with Gasteiger partial charge < -0.3 is 37.6 Å². The summed E-state index contributed by atoms with van der Waals surface area (Å²) < 4.78 is 0. The van der Waals surface area contributed by atoms with Crippen LogP contribution in [0.1, 0.15) is 34.1 Å². The maximum atomic E-state index is 13.2. The van der Waals surface area contributed by atoms with Crippen molar-refractivity contribution in [3.8, 4) is 0 Å². The van der Waals surface area contributed by atoms with Gasteiger partial charge in [-0.25, -0.2) is 4.98 Å². The van der Waals surface area contributed by atoms with Gasteiger partial charge in [0.25, 0.3) is 5.91 Å². The average Bonchev–Trinajstić information content (AvgIpc) is 2.95. The molecule has 0 saturated heterocycles. The molecule has 0 aliphatic rings. The molecule has 3 rings (SSSR count). The van der Waals surface area contributed by atoms with Crippen molar-refractivity contribution in [3.05, 3.63) is 78.0 Å². The Kier molecular flexibility index (Phi) is 10.9. The summed E-state index contributed by atoms with van der Waals surface area (Å²) in [4.78, 5) is 58.8. The number of hydrogen-bond acceptors (Lipinski definition) is 9. The van der Waals surface area contributed by atoms with Crippen molar-refractivity contribution in [1.82, 2.24) is 14.9 Å². The lowest BCUT2D eigenvalue weighted by Gasteiger charge is -2.15. The first-order valence-corrected chi connectivity index (χ1v) is 12.8. The van der Waals surface area contributed by atoms with Crippen LogP contribution in [0, 0.1) is 0 Å². The van der Waals surface area contributed by atoms with Gasteiger partial charge in [0, 0.05) is 55.0 Å². The lowest BCUT2D eigenvalue weighted by Crippen LogP contribution is -2.34. The highest BCUT2D eigenvalue weighted by atomic mass is 16.2. The van der Waals surface area contributed by atoms with Gasteiger partial charge in [-0.3, -0.25) is 19.2 Å². The van der Waals surface area contributed by atoms with Gasteiger partial charge in [-0.05, 0) is 48.9 Å². The Morgan fingerprint density at radius 3 is 2.37 bits per heavy atom. The van der Waals surface area contributed by atoms with E-state index in [0.717, 1.165) is 6.42 Å². The third kappa shape index (κ3) is 9.14. The monoisotopic (exact) mass is 559 g/mol. The number of carbonyl (C=O) groups is 4. The highest BCUT2D eigenvalue weighted by Gasteiger charge is 2.16. The summed E-state index contributed by atoms with van der Waals surface area (Å²) in [7, 11) is 1.51. The number of nitrogens with one attached hydrogen (secondary N) is 4. The second kappa shape index (κ2) is 14.7. The molecule has 3 aromatic rings. The van der Waals surface area contributed by atoms with Crippen molar-refractivity contribution in [2.24, 2.45) is 11.5 Å². The average molecular weight is 560 g/mol. The Bertz CT molecular complexity index is 1420. The van der Waals surface area contributed by atoms with Crippen molar-refractivity contribution in [2.45, 2.75) is 13.3 Å². The Morgan fingerprint density at radius 1 is 1.00 bits per heavy atom. The second-order valence-corrected chi connectivity index (χ2v) is 8.86. The minimum atomic E-state index is -0.530. The zero-order valence-electron chi connectivity index (χ0n) is 22.8. The maximum absolute atomic E-state index is 13.2. The van der Waals surface area contributed by atoms with Crippen molar-refractivity contribution in [2.75, 3.05) is 47.9 Å². The molecule has 2 aromatic carbocycles. The predicted octanol–water partition coefficient (Wildman–Crippen LogP) is 2.31. The summed E-state index contributed by atoms with van der Waals surface area (Å²) in [5, 5.41) is 11.7. The van der Waals surface area contributed by atoms with E-state index in [4.69, 9.17) is 11.5 Å². The van der Waals surface area contributed by atoms with Gasteiger partial charge in [-0.1, -0.05) is 19.1 Å². The summed E-state index contributed by atoms with van der Waals surface area (Å²) in [6.45, 7) is 2.62. The first kappa shape index (κ1) is 30.2. The number of hydrogen-bond donors (Lipinski definition) is 6. The fraction of sp³-hybridized carbons (Fsp3) is 0.214. The highest BCUT2D eigenvalue weighted by molar-refractivity contribution is 6.07. The van der Waals surface area contributed by atoms with Crippen LogP contribution in [-0.2, 0) is 9.59 Å². The predicted molar refractivity (Wildman–Crippen MR) is 158 cm³/mol. The van der Waals surface area contributed by atoms with Gasteiger partial charge in [0.05, 0.1) is 6.54 Å². The topological polar surface area (TPSA) is 197 Å². The number of nitrogens with zero attached hydrogens (tertiary/aromatic N) is 3. The molecular weight excluding hydrogens is 526 g/mol. The summed E-state index contributed by atoms with van der Waals surface area (Å²) >= 11 is 0. The van der Waals surface area contributed by atoms with Crippen LogP contribution in [0.4, 0.5) is 28.8 Å². The number of anilines is 5. The third-order valence-electron chi connectivity index (χ3n) is 5.56. The van der Waals surface area contributed by atoms with Crippen LogP contribution in [0.25, 0.3) is 0 Å². The standard InChI is InChI=1S/C28H33N9O4/c1-3-14-31-26-22(16-32-28(36-26)35-19-11-9-18(10-12-19)25(30)40)27(41)34-21-7-4-6-20(15-21)33-23(38)17-37(2)24(39)8-5-13-29/h4-12,15-16H,3,13-14,17,29H2,1-2H3,(H2,30,40)(H,33,38)(H,34,41)(H2,31,32,35,36)/b8-5+. The second-order valence-electron chi connectivity index (χ2n) is 8.86. The molecule has 0 fully saturated rings. The molecule has 0 aliphatic heterocycles. The van der Waals surface area contributed by atoms with Crippen LogP contribution in [0.15, 0.2) is 66.9 Å². The normalized spacial score (nSPS) is 10.6. The van der Waals surface area contributed by atoms with Crippen LogP contribution >= 0.6 is 0 Å². The van der Waals surface area contributed by atoms with Crippen LogP contribution < -0.4 is 32.7 Å². The molecule has 0 aliphatic carbocycles. The molecule has 13 heteroatoms. The van der Waals surface area contributed by atoms with Crippen molar-refractivity contribution in [1.29, 1.82) is 0 Å². The van der Waals surface area contributed by atoms with E-state index in [1.807, 2.05) is 6.92 Å². The Hall–Kier alpha value is -5.30. The lowest BCUT2D eigenvalue weighted by atomic mass is 10.2. The third-order valence-corrected chi connectivity index (χ3v) is 5.56. The van der Waals surface area contributed by atoms with E-state index < -0.39 is 17.7 Å². The number of carbonyl (C=O) groups excluding carboxylic acids is 4. The van der Waals surface area contributed by atoms with E-state index in [2.05, 4.69) is 31.2 Å². The van der Waals surface area contributed by atoms with E-state index in [0.29, 0.717) is 35.0 Å². The molecule has 8 N–H and O–H groups in total. The minimum absolute atomic E-state index is 0.163. The van der Waals surface area contributed by atoms with Gasteiger partial charge >= 0.3 is 0 Å². The number of nitrogens with two attached hydrogens (primary N) is 2. The Morgan fingerprint density at radius 2 is 1.71 bits per heavy atom. The van der Waals surface area contributed by atoms with Crippen LogP contribution in [0.5, 0.6) is 0 Å². The number of aromatic nitrogens is 2. The fourth-order valence-corrected chi connectivity index (χ4v) is 3.50. The molecule has 0 spiro atoms. The molecule has 1 aromatic heterocycles. The first-order valence-electron chi connectivity index (χ1n) is 12.8. The molecular formula is C28H33N9O4. The quantitative estimate of drug-likeness (QED) is 0.170. The van der Waals surface area contributed by atoms with Crippen LogP contribution in [0.3, 0.4) is 0 Å². The molecule has 0 unspecified atom stereocenters. The lowest BCUT2D eigenvalue weighted by molar-refractivity contribution is -0.129. The summed E-state index contributed by atoms with van der Waals surface area (Å²) in [6.07, 6.45) is 5.01. The fourth-order valence-electron chi connectivity index (χ4n) is 3.50. The maximum Gasteiger partial charge on any atom is 0.260 e. The zero-order chi connectivity index (χ0) is 29.8. The van der Waals surface area contributed by atoms with E-state index in [1.165, 1.54) is 30.3 Å². The molecule has 0 saturated carbocycles. The molecule has 0 atom stereocenters. The zero-order valence-corrected chi connectivity index (χ0v) is 22.8. The molecule has 0 radical (unpaired) electrons. The summed E-state index contributed by atoms with van der Waals surface area (Å²) in [6, 6.07) is 13.1. The number of benzene rings is 2. The van der Waals surface area contributed by atoms with E-state index >= 15 is 0 Å². The summed E-state index contributed by atoms with van der Waals surface area (Å²) in [5.74, 6) is -1.16. The molecule has 41 heavy (non-hydrogen) atoms. The number of amides is 4. The summed E-state index contributed by atoms with van der Waals surface area (Å²) in [5.41, 5.74) is 12.7. The van der Waals surface area contributed by atoms with Crippen LogP contribution in [0.2, 0.25) is 0 Å². The van der Waals surface area contributed by atoms with Gasteiger partial charge in [-0.15, -0.1) is 0 Å². The molecule has 4 amide bonds. The van der Waals surface area contributed by atoms with Gasteiger partial charge in [0.1, 0.15) is 11.4 Å². The molecule has 1 heterocycles. The van der Waals surface area contributed by atoms with E-state index in [9.17, 15) is 19.2 Å². The van der Waals surface area contributed by atoms with Gasteiger partial charge in [0.2, 0.25) is 23.7 Å². The molecule has 0 bridgehead atoms. The highest BCUT2D eigenvalue weighted by Crippen LogP contribution is 2.21. The molecule has 214 valence electrons. The number of rotatable bonds is 13. The Labute approximate surface area is 237 Å². The van der Waals surface area contributed by atoms with Gasteiger partial charge in [0.15, 0.2) is 0 Å². The van der Waals surface area contributed by atoms with Crippen molar-refractivity contribution >= 4 is 52.5 Å². The van der Waals surface area contributed by atoms with Crippen molar-refractivity contribution < 1.29 is 19.2 Å². The largest absolute Gasteiger partial charge is 0.369 e. The minimum Gasteiger partial charge on any atom is -0.369 e. The number of likely N-dealkylation sites (N-methyl/N-ethyl adjacent to an activating group) is 1. The van der Waals surface area contributed by atoms with Crippen LogP contribution in [-0.4, -0.2) is 65.2 Å². The number of primary amides is 1. The van der Waals surface area contributed by atoms with Crippen molar-refractivity contribution in [3.63, 3.8) is 0 Å². The van der Waals surface area contributed by atoms with Gasteiger partial charge in [-0.2, -0.15) is 4.98 Å². The first-order chi connectivity index (χ1) is 19.7. The molecule has 13 nitrogen and oxygen atoms in total. The van der Waals surface area contributed by atoms with E-state index in [-0.39, 0.29) is 30.5 Å². The smallest absolute Gasteiger partial charge is 0.260 e. The van der Waals surface area contributed by atoms with E-state index in [1.54, 1.807) is 48.5 Å². The Balaban J connectivity index is 1.70.